The van der Waals surface area contributed by atoms with Crippen molar-refractivity contribution >= 4 is 5.97 Å². The van der Waals surface area contributed by atoms with Gasteiger partial charge in [-0.3, -0.25) is 0 Å². The molecule has 4 nitrogen and oxygen atoms in total. The van der Waals surface area contributed by atoms with Crippen molar-refractivity contribution in [3.8, 4) is 0 Å². The first-order valence-electron chi connectivity index (χ1n) is 6.89. The van der Waals surface area contributed by atoms with Gasteiger partial charge in [-0.15, -0.1) is 0 Å². The van der Waals surface area contributed by atoms with Crippen LogP contribution in [0.4, 0.5) is 4.39 Å². The topological polar surface area (TPSA) is 44.8 Å². The molecule has 0 amide bonds. The van der Waals surface area contributed by atoms with E-state index >= 15 is 0 Å². The highest BCUT2D eigenvalue weighted by molar-refractivity contribution is 5.76. The molecule has 114 valence electrons. The number of ether oxygens (including phenoxy) is 3. The summed E-state index contributed by atoms with van der Waals surface area (Å²) < 4.78 is 30.2. The van der Waals surface area contributed by atoms with Gasteiger partial charge in [0.1, 0.15) is 11.9 Å². The van der Waals surface area contributed by atoms with Crippen LogP contribution in [-0.2, 0) is 19.0 Å². The Morgan fingerprint density at radius 2 is 1.73 bits per heavy atom. The van der Waals surface area contributed by atoms with Gasteiger partial charge in [0.2, 0.25) is 0 Å². The van der Waals surface area contributed by atoms with Crippen LogP contribution in [0.3, 0.4) is 0 Å². The lowest BCUT2D eigenvalue weighted by Gasteiger charge is -2.15. The molecule has 3 atom stereocenters. The predicted molar refractivity (Wildman–Crippen MR) is 76.3 cm³/mol. The summed E-state index contributed by atoms with van der Waals surface area (Å²) in [5.41, 5.74) is 1.03. The van der Waals surface area contributed by atoms with Gasteiger partial charge < -0.3 is 14.2 Å². The van der Waals surface area contributed by atoms with Crippen LogP contribution in [0.25, 0.3) is 0 Å². The smallest absolute Gasteiger partial charge is 0.338 e. The van der Waals surface area contributed by atoms with Gasteiger partial charge in [-0.1, -0.05) is 48.5 Å². The quantitative estimate of drug-likeness (QED) is 0.817. The molecule has 0 saturated carbocycles. The van der Waals surface area contributed by atoms with Crippen LogP contribution >= 0.6 is 0 Å². The molecule has 2 aromatic rings. The number of benzene rings is 2. The van der Waals surface area contributed by atoms with E-state index in [1.54, 1.807) is 18.2 Å². The second kappa shape index (κ2) is 6.25. The largest absolute Gasteiger partial charge is 0.467 e. The average Bonchev–Trinajstić information content (AvgIpc) is 3.00. The maximum atomic E-state index is 14.0. The standard InChI is InChI=1S/C17H15FO4/c1-20-16(19)15-14(12-9-5-6-10-13(12)18)21-17(22-15)11-7-3-2-4-8-11/h2-10,14-15,17H,1H3/t14-,15+,17?/m0/s1. The van der Waals surface area contributed by atoms with Crippen molar-refractivity contribution in [2.75, 3.05) is 7.11 Å². The molecule has 1 aliphatic rings. The third-order valence-electron chi connectivity index (χ3n) is 3.53. The van der Waals surface area contributed by atoms with Crippen LogP contribution in [0.15, 0.2) is 54.6 Å². The Kier molecular flexibility index (Phi) is 4.18. The summed E-state index contributed by atoms with van der Waals surface area (Å²) >= 11 is 0. The second-order valence-electron chi connectivity index (χ2n) is 4.90. The number of rotatable bonds is 3. The Labute approximate surface area is 127 Å². The minimum atomic E-state index is -1.01. The molecule has 0 N–H and O–H groups in total. The van der Waals surface area contributed by atoms with Gasteiger partial charge in [0.15, 0.2) is 12.4 Å². The lowest BCUT2D eigenvalue weighted by atomic mass is 10.0. The van der Waals surface area contributed by atoms with Crippen LogP contribution in [0.2, 0.25) is 0 Å². The van der Waals surface area contributed by atoms with E-state index in [4.69, 9.17) is 14.2 Å². The number of carbonyl (C=O) groups excluding carboxylic acids is 1. The summed E-state index contributed by atoms with van der Waals surface area (Å²) in [6.45, 7) is 0. The molecule has 0 aromatic heterocycles. The molecule has 1 fully saturated rings. The van der Waals surface area contributed by atoms with Crippen LogP contribution in [-0.4, -0.2) is 19.2 Å². The summed E-state index contributed by atoms with van der Waals surface area (Å²) in [5.74, 6) is -1.04. The van der Waals surface area contributed by atoms with Crippen molar-refractivity contribution in [2.24, 2.45) is 0 Å². The first kappa shape index (κ1) is 14.7. The Morgan fingerprint density at radius 1 is 1.05 bits per heavy atom. The molecule has 3 rings (SSSR count). The summed E-state index contributed by atoms with van der Waals surface area (Å²) in [6, 6.07) is 15.4. The van der Waals surface area contributed by atoms with E-state index in [9.17, 15) is 9.18 Å². The summed E-state index contributed by atoms with van der Waals surface area (Å²) in [5, 5.41) is 0. The van der Waals surface area contributed by atoms with Crippen LogP contribution < -0.4 is 0 Å². The van der Waals surface area contributed by atoms with E-state index in [0.717, 1.165) is 5.56 Å². The van der Waals surface area contributed by atoms with Gasteiger partial charge in [0.25, 0.3) is 0 Å². The Bertz CT molecular complexity index is 659. The van der Waals surface area contributed by atoms with Crippen molar-refractivity contribution in [3.63, 3.8) is 0 Å². The molecule has 2 aromatic carbocycles. The van der Waals surface area contributed by atoms with Crippen LogP contribution in [0.1, 0.15) is 23.5 Å². The fourth-order valence-corrected chi connectivity index (χ4v) is 2.45. The van der Waals surface area contributed by atoms with Crippen molar-refractivity contribution in [3.05, 3.63) is 71.5 Å². The number of hydrogen-bond acceptors (Lipinski definition) is 4. The average molecular weight is 302 g/mol. The van der Waals surface area contributed by atoms with Gasteiger partial charge >= 0.3 is 5.97 Å². The molecule has 1 saturated heterocycles. The van der Waals surface area contributed by atoms with Crippen LogP contribution in [0, 0.1) is 5.82 Å². The van der Waals surface area contributed by atoms with Crippen molar-refractivity contribution < 1.29 is 23.4 Å². The zero-order valence-corrected chi connectivity index (χ0v) is 11.9. The first-order chi connectivity index (χ1) is 10.7. The zero-order chi connectivity index (χ0) is 15.5. The molecule has 1 aliphatic heterocycles. The lowest BCUT2D eigenvalue weighted by Crippen LogP contribution is -2.27. The number of halogens is 1. The van der Waals surface area contributed by atoms with E-state index in [2.05, 4.69) is 0 Å². The van der Waals surface area contributed by atoms with Crippen LogP contribution in [0.5, 0.6) is 0 Å². The number of esters is 1. The van der Waals surface area contributed by atoms with Crippen molar-refractivity contribution in [2.45, 2.75) is 18.5 Å². The second-order valence-corrected chi connectivity index (χ2v) is 4.90. The SMILES string of the molecule is COC(=O)[C@@H]1OC(c2ccccc2)O[C@H]1c1ccccc1F. The molecule has 0 aliphatic carbocycles. The Hall–Kier alpha value is -2.24. The molecule has 22 heavy (non-hydrogen) atoms. The fourth-order valence-electron chi connectivity index (χ4n) is 2.45. The maximum absolute atomic E-state index is 14.0. The van der Waals surface area contributed by atoms with Gasteiger partial charge in [-0.2, -0.15) is 0 Å². The Balaban J connectivity index is 1.93. The molecular weight excluding hydrogens is 287 g/mol. The lowest BCUT2D eigenvalue weighted by molar-refractivity contribution is -0.154. The van der Waals surface area contributed by atoms with Crippen molar-refractivity contribution in [1.29, 1.82) is 0 Å². The molecule has 1 unspecified atom stereocenters. The minimum absolute atomic E-state index is 0.274. The van der Waals surface area contributed by atoms with Gasteiger partial charge in [0.05, 0.1) is 7.11 Å². The predicted octanol–water partition coefficient (Wildman–Crippen LogP) is 3.15. The normalized spacial score (nSPS) is 24.2. The highest BCUT2D eigenvalue weighted by Crippen LogP contribution is 2.41. The summed E-state index contributed by atoms with van der Waals surface area (Å²) in [4.78, 5) is 11.9. The minimum Gasteiger partial charge on any atom is -0.467 e. The number of hydrogen-bond donors (Lipinski definition) is 0. The Morgan fingerprint density at radius 3 is 2.41 bits per heavy atom. The molecule has 0 bridgehead atoms. The summed E-state index contributed by atoms with van der Waals surface area (Å²) in [6.07, 6.45) is -2.60. The maximum Gasteiger partial charge on any atom is 0.338 e. The molecule has 0 spiro atoms. The van der Waals surface area contributed by atoms with Gasteiger partial charge in [-0.05, 0) is 6.07 Å². The third-order valence-corrected chi connectivity index (χ3v) is 3.53. The first-order valence-corrected chi connectivity index (χ1v) is 6.89. The van der Waals surface area contributed by atoms with E-state index in [1.807, 2.05) is 30.3 Å². The van der Waals surface area contributed by atoms with E-state index in [0.29, 0.717) is 0 Å². The highest BCUT2D eigenvalue weighted by Gasteiger charge is 2.44. The van der Waals surface area contributed by atoms with Gasteiger partial charge in [0, 0.05) is 11.1 Å². The number of methoxy groups -OCH3 is 1. The molecule has 5 heteroatoms. The fraction of sp³-hybridized carbons (Fsp3) is 0.235. The zero-order valence-electron chi connectivity index (χ0n) is 11.9. The van der Waals surface area contributed by atoms with Crippen molar-refractivity contribution in [1.82, 2.24) is 0 Å². The molecule has 0 radical (unpaired) electrons. The van der Waals surface area contributed by atoms with E-state index in [-0.39, 0.29) is 5.56 Å². The summed E-state index contributed by atoms with van der Waals surface area (Å²) in [7, 11) is 1.26. The highest BCUT2D eigenvalue weighted by atomic mass is 19.1. The third kappa shape index (κ3) is 2.73. The van der Waals surface area contributed by atoms with E-state index in [1.165, 1.54) is 13.2 Å². The molecule has 1 heterocycles. The van der Waals surface area contributed by atoms with Gasteiger partial charge in [-0.25, -0.2) is 9.18 Å². The monoisotopic (exact) mass is 302 g/mol. The molecular formula is C17H15FO4. The van der Waals surface area contributed by atoms with E-state index < -0.39 is 30.3 Å². The number of carbonyl (C=O) groups is 1.